The molecule has 0 amide bonds. The Labute approximate surface area is 81.6 Å². The molecule has 1 aromatic rings. The maximum absolute atomic E-state index is 8.63. The van der Waals surface area contributed by atoms with Crippen LogP contribution in [0.5, 0.6) is 0 Å². The lowest BCUT2D eigenvalue weighted by Crippen LogP contribution is -1.85. The summed E-state index contributed by atoms with van der Waals surface area (Å²) in [5.41, 5.74) is 1.86. The molecule has 0 aromatic carbocycles. The lowest BCUT2D eigenvalue weighted by atomic mass is 10.2. The number of aryl methyl sites for hydroxylation is 1. The second kappa shape index (κ2) is 11.1. The molecular formula is C11H21NO. The standard InChI is InChI=1S/C7H9NO.2C2H6/c1-6-4-7(5-9)2-3-8-6;2*1-2/h2-4,9H,5H2,1H3;2*1-2H3. The van der Waals surface area contributed by atoms with Crippen molar-refractivity contribution in [3.05, 3.63) is 29.6 Å². The van der Waals surface area contributed by atoms with Gasteiger partial charge in [0.15, 0.2) is 0 Å². The molecule has 0 aliphatic rings. The van der Waals surface area contributed by atoms with Crippen molar-refractivity contribution in [2.24, 2.45) is 0 Å². The Bertz CT molecular complexity index is 199. The maximum Gasteiger partial charge on any atom is 0.0683 e. The summed E-state index contributed by atoms with van der Waals surface area (Å²) in [6.45, 7) is 10.0. The summed E-state index contributed by atoms with van der Waals surface area (Å²) in [6.07, 6.45) is 1.70. The van der Waals surface area contributed by atoms with Crippen molar-refractivity contribution in [2.45, 2.75) is 41.2 Å². The first-order valence-corrected chi connectivity index (χ1v) is 4.85. The molecule has 0 fully saturated rings. The van der Waals surface area contributed by atoms with Crippen molar-refractivity contribution in [1.29, 1.82) is 0 Å². The topological polar surface area (TPSA) is 33.1 Å². The van der Waals surface area contributed by atoms with E-state index >= 15 is 0 Å². The Morgan fingerprint density at radius 1 is 1.23 bits per heavy atom. The van der Waals surface area contributed by atoms with Gasteiger partial charge >= 0.3 is 0 Å². The van der Waals surface area contributed by atoms with Gasteiger partial charge in [0.2, 0.25) is 0 Å². The molecule has 13 heavy (non-hydrogen) atoms. The van der Waals surface area contributed by atoms with Crippen LogP contribution in [-0.2, 0) is 6.61 Å². The molecule has 1 rings (SSSR count). The van der Waals surface area contributed by atoms with Crippen LogP contribution in [0.3, 0.4) is 0 Å². The van der Waals surface area contributed by atoms with Crippen molar-refractivity contribution in [3.63, 3.8) is 0 Å². The first kappa shape index (κ1) is 14.6. The monoisotopic (exact) mass is 183 g/mol. The summed E-state index contributed by atoms with van der Waals surface area (Å²) in [7, 11) is 0. The normalized spacial score (nSPS) is 7.54. The van der Waals surface area contributed by atoms with E-state index in [1.807, 2.05) is 40.7 Å². The van der Waals surface area contributed by atoms with Crippen LogP contribution >= 0.6 is 0 Å². The highest BCUT2D eigenvalue weighted by Gasteiger charge is 1.87. The summed E-state index contributed by atoms with van der Waals surface area (Å²) in [6, 6.07) is 3.66. The SMILES string of the molecule is CC.CC.Cc1cc(CO)ccn1. The third kappa shape index (κ3) is 7.47. The Balaban J connectivity index is 0. The molecule has 1 N–H and O–H groups in total. The van der Waals surface area contributed by atoms with Gasteiger partial charge in [0.05, 0.1) is 6.61 Å². The Morgan fingerprint density at radius 2 is 1.77 bits per heavy atom. The largest absolute Gasteiger partial charge is 0.392 e. The number of hydrogen-bond donors (Lipinski definition) is 1. The number of hydrogen-bond acceptors (Lipinski definition) is 2. The molecule has 0 aliphatic carbocycles. The Kier molecular flexibility index (Phi) is 12.5. The van der Waals surface area contributed by atoms with Crippen LogP contribution in [0, 0.1) is 6.92 Å². The van der Waals surface area contributed by atoms with E-state index in [9.17, 15) is 0 Å². The summed E-state index contributed by atoms with van der Waals surface area (Å²) >= 11 is 0. The zero-order valence-corrected chi connectivity index (χ0v) is 9.33. The molecule has 2 heteroatoms. The van der Waals surface area contributed by atoms with Crippen molar-refractivity contribution in [1.82, 2.24) is 4.98 Å². The summed E-state index contributed by atoms with van der Waals surface area (Å²) in [5.74, 6) is 0. The van der Waals surface area contributed by atoms with Crippen LogP contribution in [0.2, 0.25) is 0 Å². The highest BCUT2D eigenvalue weighted by Crippen LogP contribution is 1.98. The van der Waals surface area contributed by atoms with E-state index in [2.05, 4.69) is 4.98 Å². The van der Waals surface area contributed by atoms with Gasteiger partial charge in [-0.05, 0) is 24.6 Å². The molecule has 76 valence electrons. The van der Waals surface area contributed by atoms with Crippen LogP contribution < -0.4 is 0 Å². The molecule has 1 heterocycles. The highest BCUT2D eigenvalue weighted by molar-refractivity contribution is 5.13. The minimum absolute atomic E-state index is 0.101. The van der Waals surface area contributed by atoms with Crippen molar-refractivity contribution in [2.75, 3.05) is 0 Å². The van der Waals surface area contributed by atoms with Gasteiger partial charge < -0.3 is 5.11 Å². The number of aliphatic hydroxyl groups excluding tert-OH is 1. The molecule has 1 aromatic heterocycles. The van der Waals surface area contributed by atoms with Gasteiger partial charge in [-0.2, -0.15) is 0 Å². The van der Waals surface area contributed by atoms with E-state index in [1.54, 1.807) is 12.3 Å². The van der Waals surface area contributed by atoms with Crippen molar-refractivity contribution >= 4 is 0 Å². The number of aliphatic hydroxyl groups is 1. The van der Waals surface area contributed by atoms with E-state index in [4.69, 9.17) is 5.11 Å². The molecule has 0 unspecified atom stereocenters. The number of aromatic nitrogens is 1. The molecule has 0 saturated carbocycles. The first-order chi connectivity index (χ1) is 6.33. The molecule has 0 spiro atoms. The lowest BCUT2D eigenvalue weighted by molar-refractivity contribution is 0.281. The second-order valence-corrected chi connectivity index (χ2v) is 1.96. The van der Waals surface area contributed by atoms with E-state index in [1.165, 1.54) is 0 Å². The van der Waals surface area contributed by atoms with E-state index < -0.39 is 0 Å². The Morgan fingerprint density at radius 3 is 2.08 bits per heavy atom. The van der Waals surface area contributed by atoms with Crippen LogP contribution in [-0.4, -0.2) is 10.1 Å². The van der Waals surface area contributed by atoms with Gasteiger partial charge in [-0.3, -0.25) is 4.98 Å². The van der Waals surface area contributed by atoms with Crippen molar-refractivity contribution < 1.29 is 5.11 Å². The van der Waals surface area contributed by atoms with E-state index in [0.29, 0.717) is 0 Å². The van der Waals surface area contributed by atoms with E-state index in [0.717, 1.165) is 11.3 Å². The number of pyridine rings is 1. The summed E-state index contributed by atoms with van der Waals surface area (Å²) < 4.78 is 0. The third-order valence-corrected chi connectivity index (χ3v) is 1.14. The van der Waals surface area contributed by atoms with Gasteiger partial charge in [-0.1, -0.05) is 27.7 Å². The fourth-order valence-electron chi connectivity index (χ4n) is 0.703. The minimum Gasteiger partial charge on any atom is -0.392 e. The molecule has 0 saturated heterocycles. The molecule has 0 atom stereocenters. The molecule has 0 radical (unpaired) electrons. The predicted octanol–water partition coefficient (Wildman–Crippen LogP) is 2.93. The van der Waals surface area contributed by atoms with Gasteiger partial charge in [0, 0.05) is 11.9 Å². The molecule has 0 aliphatic heterocycles. The number of nitrogens with zero attached hydrogens (tertiary/aromatic N) is 1. The zero-order valence-electron chi connectivity index (χ0n) is 9.33. The van der Waals surface area contributed by atoms with E-state index in [-0.39, 0.29) is 6.61 Å². The van der Waals surface area contributed by atoms with Gasteiger partial charge in [-0.25, -0.2) is 0 Å². The van der Waals surface area contributed by atoms with Crippen LogP contribution in [0.25, 0.3) is 0 Å². The average Bonchev–Trinajstić information content (AvgIpc) is 2.24. The Hall–Kier alpha value is -0.890. The van der Waals surface area contributed by atoms with Crippen LogP contribution in [0.15, 0.2) is 18.3 Å². The van der Waals surface area contributed by atoms with Gasteiger partial charge in [-0.15, -0.1) is 0 Å². The summed E-state index contributed by atoms with van der Waals surface area (Å²) in [4.78, 5) is 3.98. The minimum atomic E-state index is 0.101. The van der Waals surface area contributed by atoms with Crippen molar-refractivity contribution in [3.8, 4) is 0 Å². The molecule has 0 bridgehead atoms. The zero-order chi connectivity index (χ0) is 10.7. The highest BCUT2D eigenvalue weighted by atomic mass is 16.3. The fourth-order valence-corrected chi connectivity index (χ4v) is 0.703. The van der Waals surface area contributed by atoms with Crippen LogP contribution in [0.1, 0.15) is 39.0 Å². The van der Waals surface area contributed by atoms with Gasteiger partial charge in [0.1, 0.15) is 0 Å². The van der Waals surface area contributed by atoms with Gasteiger partial charge in [0.25, 0.3) is 0 Å². The quantitative estimate of drug-likeness (QED) is 0.726. The lowest BCUT2D eigenvalue weighted by Gasteiger charge is -1.94. The number of rotatable bonds is 1. The maximum atomic E-state index is 8.63. The predicted molar refractivity (Wildman–Crippen MR) is 57.6 cm³/mol. The van der Waals surface area contributed by atoms with Crippen LogP contribution in [0.4, 0.5) is 0 Å². The first-order valence-electron chi connectivity index (χ1n) is 4.85. The average molecular weight is 183 g/mol. The molecular weight excluding hydrogens is 162 g/mol. The molecule has 2 nitrogen and oxygen atoms in total. The fraction of sp³-hybridized carbons (Fsp3) is 0.545. The smallest absolute Gasteiger partial charge is 0.0683 e. The second-order valence-electron chi connectivity index (χ2n) is 1.96. The summed E-state index contributed by atoms with van der Waals surface area (Å²) in [5, 5.41) is 8.63. The third-order valence-electron chi connectivity index (χ3n) is 1.14.